The summed E-state index contributed by atoms with van der Waals surface area (Å²) in [5, 5.41) is 3.49. The van der Waals surface area contributed by atoms with Gasteiger partial charge in [0.25, 0.3) is 10.0 Å². The molecule has 7 nitrogen and oxygen atoms in total. The third-order valence-corrected chi connectivity index (χ3v) is 8.61. The number of halogens is 1. The molecule has 0 fully saturated rings. The second-order valence-corrected chi connectivity index (χ2v) is 12.6. The standard InChI is InChI=1S/C31H38ClN3O4S/c1-6-28(31(37)33-19-22(2)3)34(20-25-14-16-26(32)17-15-25)30(36)21-35(29-18-23(4)12-13-24(29)5)40(38,39)27-10-8-7-9-11-27/h7-18,22,28H,6,19-21H2,1-5H3,(H,33,37)/t28-/m0/s1. The Morgan fingerprint density at radius 1 is 0.950 bits per heavy atom. The first-order valence-corrected chi connectivity index (χ1v) is 15.2. The highest BCUT2D eigenvalue weighted by molar-refractivity contribution is 7.92. The van der Waals surface area contributed by atoms with E-state index in [4.69, 9.17) is 11.6 Å². The summed E-state index contributed by atoms with van der Waals surface area (Å²) in [6, 6.07) is 19.8. The van der Waals surface area contributed by atoms with Crippen molar-refractivity contribution in [1.29, 1.82) is 0 Å². The number of anilines is 1. The SMILES string of the molecule is CC[C@@H](C(=O)NCC(C)C)N(Cc1ccc(Cl)cc1)C(=O)CN(c1cc(C)ccc1C)S(=O)(=O)c1ccccc1. The second-order valence-electron chi connectivity index (χ2n) is 10.3. The minimum atomic E-state index is -4.11. The van der Waals surface area contributed by atoms with Crippen molar-refractivity contribution >= 4 is 39.1 Å². The van der Waals surface area contributed by atoms with E-state index in [1.165, 1.54) is 17.0 Å². The van der Waals surface area contributed by atoms with Gasteiger partial charge in [0.05, 0.1) is 10.6 Å². The molecule has 1 N–H and O–H groups in total. The average molecular weight is 584 g/mol. The molecular formula is C31H38ClN3O4S. The van der Waals surface area contributed by atoms with E-state index in [1.54, 1.807) is 48.5 Å². The van der Waals surface area contributed by atoms with E-state index in [0.29, 0.717) is 29.2 Å². The number of nitrogens with one attached hydrogen (secondary N) is 1. The summed E-state index contributed by atoms with van der Waals surface area (Å²) < 4.78 is 29.1. The number of carbonyl (C=O) groups is 2. The maximum absolute atomic E-state index is 14.1. The molecule has 0 saturated carbocycles. The van der Waals surface area contributed by atoms with Gasteiger partial charge in [-0.1, -0.05) is 74.8 Å². The highest BCUT2D eigenvalue weighted by atomic mass is 35.5. The van der Waals surface area contributed by atoms with Crippen LogP contribution in [0.2, 0.25) is 5.02 Å². The van der Waals surface area contributed by atoms with E-state index < -0.39 is 28.5 Å². The quantitative estimate of drug-likeness (QED) is 0.295. The maximum atomic E-state index is 14.1. The molecule has 0 saturated heterocycles. The van der Waals surface area contributed by atoms with Crippen molar-refractivity contribution < 1.29 is 18.0 Å². The van der Waals surface area contributed by atoms with Crippen LogP contribution in [0.25, 0.3) is 0 Å². The van der Waals surface area contributed by atoms with E-state index in [0.717, 1.165) is 15.4 Å². The molecule has 0 aliphatic carbocycles. The summed E-state index contributed by atoms with van der Waals surface area (Å²) in [4.78, 5) is 29.0. The van der Waals surface area contributed by atoms with Crippen LogP contribution in [0.15, 0.2) is 77.7 Å². The van der Waals surface area contributed by atoms with Gasteiger partial charge in [0, 0.05) is 18.1 Å². The zero-order valence-electron chi connectivity index (χ0n) is 23.7. The third kappa shape index (κ3) is 7.86. The van der Waals surface area contributed by atoms with Crippen LogP contribution < -0.4 is 9.62 Å². The Morgan fingerprint density at radius 3 is 2.20 bits per heavy atom. The number of aryl methyl sites for hydroxylation is 2. The number of sulfonamides is 1. The summed E-state index contributed by atoms with van der Waals surface area (Å²) in [7, 11) is -4.11. The topological polar surface area (TPSA) is 86.8 Å². The Labute approximate surface area is 243 Å². The number of benzene rings is 3. The minimum Gasteiger partial charge on any atom is -0.354 e. The molecule has 9 heteroatoms. The molecule has 0 aliphatic rings. The van der Waals surface area contributed by atoms with Crippen LogP contribution in [0.5, 0.6) is 0 Å². The van der Waals surface area contributed by atoms with Crippen molar-refractivity contribution in [2.45, 2.75) is 58.5 Å². The van der Waals surface area contributed by atoms with Crippen molar-refractivity contribution in [2.75, 3.05) is 17.4 Å². The minimum absolute atomic E-state index is 0.0784. The molecule has 0 heterocycles. The number of nitrogens with zero attached hydrogens (tertiary/aromatic N) is 2. The Morgan fingerprint density at radius 2 is 1.60 bits per heavy atom. The molecule has 3 aromatic rings. The molecule has 0 aromatic heterocycles. The molecule has 0 spiro atoms. The van der Waals surface area contributed by atoms with E-state index in [2.05, 4.69) is 5.32 Å². The monoisotopic (exact) mass is 583 g/mol. The van der Waals surface area contributed by atoms with Crippen molar-refractivity contribution in [3.63, 3.8) is 0 Å². The van der Waals surface area contributed by atoms with Crippen LogP contribution in [0.1, 0.15) is 43.9 Å². The first-order chi connectivity index (χ1) is 18.9. The second kappa shape index (κ2) is 13.8. The first-order valence-electron chi connectivity index (χ1n) is 13.4. The fraction of sp³-hybridized carbons (Fsp3) is 0.355. The Hall–Kier alpha value is -3.36. The first kappa shape index (κ1) is 31.2. The summed E-state index contributed by atoms with van der Waals surface area (Å²) in [5.74, 6) is -0.526. The van der Waals surface area contributed by atoms with Crippen LogP contribution >= 0.6 is 11.6 Å². The zero-order chi connectivity index (χ0) is 29.4. The van der Waals surface area contributed by atoms with Crippen LogP contribution in [0.3, 0.4) is 0 Å². The predicted octanol–water partition coefficient (Wildman–Crippen LogP) is 5.73. The largest absolute Gasteiger partial charge is 0.354 e. The summed E-state index contributed by atoms with van der Waals surface area (Å²) in [5.41, 5.74) is 2.76. The number of carbonyl (C=O) groups excluding carboxylic acids is 2. The molecular weight excluding hydrogens is 546 g/mol. The van der Waals surface area contributed by atoms with Gasteiger partial charge in [-0.05, 0) is 73.2 Å². The van der Waals surface area contributed by atoms with E-state index in [9.17, 15) is 18.0 Å². The van der Waals surface area contributed by atoms with Gasteiger partial charge in [0.1, 0.15) is 12.6 Å². The van der Waals surface area contributed by atoms with Crippen molar-refractivity contribution in [3.8, 4) is 0 Å². The lowest BCUT2D eigenvalue weighted by Gasteiger charge is -2.33. The lowest BCUT2D eigenvalue weighted by Crippen LogP contribution is -2.52. The molecule has 0 radical (unpaired) electrons. The lowest BCUT2D eigenvalue weighted by molar-refractivity contribution is -0.140. The molecule has 214 valence electrons. The highest BCUT2D eigenvalue weighted by Crippen LogP contribution is 2.28. The third-order valence-electron chi connectivity index (χ3n) is 6.58. The molecule has 3 aromatic carbocycles. The highest BCUT2D eigenvalue weighted by Gasteiger charge is 2.34. The molecule has 0 bridgehead atoms. The van der Waals surface area contributed by atoms with Gasteiger partial charge < -0.3 is 10.2 Å². The van der Waals surface area contributed by atoms with Gasteiger partial charge in [-0.15, -0.1) is 0 Å². The summed E-state index contributed by atoms with van der Waals surface area (Å²) >= 11 is 6.08. The number of amides is 2. The Bertz CT molecular complexity index is 1410. The Balaban J connectivity index is 2.07. The van der Waals surface area contributed by atoms with Crippen LogP contribution in [-0.2, 0) is 26.2 Å². The van der Waals surface area contributed by atoms with Gasteiger partial charge >= 0.3 is 0 Å². The van der Waals surface area contributed by atoms with E-state index >= 15 is 0 Å². The molecule has 1 atom stereocenters. The van der Waals surface area contributed by atoms with Gasteiger partial charge in [0.2, 0.25) is 11.8 Å². The van der Waals surface area contributed by atoms with E-state index in [1.807, 2.05) is 46.8 Å². The molecule has 40 heavy (non-hydrogen) atoms. The number of hydrogen-bond donors (Lipinski definition) is 1. The molecule has 2 amide bonds. The van der Waals surface area contributed by atoms with Crippen molar-refractivity contribution in [3.05, 3.63) is 94.5 Å². The smallest absolute Gasteiger partial charge is 0.264 e. The molecule has 0 unspecified atom stereocenters. The lowest BCUT2D eigenvalue weighted by atomic mass is 10.1. The number of hydrogen-bond acceptors (Lipinski definition) is 4. The number of rotatable bonds is 12. The van der Waals surface area contributed by atoms with Gasteiger partial charge in [0.15, 0.2) is 0 Å². The van der Waals surface area contributed by atoms with Crippen LogP contribution in [0, 0.1) is 19.8 Å². The normalized spacial score (nSPS) is 12.2. The summed E-state index contributed by atoms with van der Waals surface area (Å²) in [6.45, 7) is 9.63. The van der Waals surface area contributed by atoms with E-state index in [-0.39, 0.29) is 23.3 Å². The molecule has 3 rings (SSSR count). The zero-order valence-corrected chi connectivity index (χ0v) is 25.3. The fourth-order valence-electron chi connectivity index (χ4n) is 4.35. The van der Waals surface area contributed by atoms with Crippen molar-refractivity contribution in [1.82, 2.24) is 10.2 Å². The Kier molecular flexibility index (Phi) is 10.8. The summed E-state index contributed by atoms with van der Waals surface area (Å²) in [6.07, 6.45) is 0.359. The van der Waals surface area contributed by atoms with Gasteiger partial charge in [-0.3, -0.25) is 13.9 Å². The molecule has 0 aliphatic heterocycles. The fourth-order valence-corrected chi connectivity index (χ4v) is 5.97. The average Bonchev–Trinajstić information content (AvgIpc) is 2.93. The maximum Gasteiger partial charge on any atom is 0.264 e. The van der Waals surface area contributed by atoms with Crippen molar-refractivity contribution in [2.24, 2.45) is 5.92 Å². The van der Waals surface area contributed by atoms with Gasteiger partial charge in [-0.2, -0.15) is 0 Å². The van der Waals surface area contributed by atoms with Crippen LogP contribution in [0.4, 0.5) is 5.69 Å². The van der Waals surface area contributed by atoms with Crippen LogP contribution in [-0.4, -0.2) is 44.3 Å². The van der Waals surface area contributed by atoms with Gasteiger partial charge in [-0.25, -0.2) is 8.42 Å². The predicted molar refractivity (Wildman–Crippen MR) is 161 cm³/mol.